The summed E-state index contributed by atoms with van der Waals surface area (Å²) in [6.07, 6.45) is 9.47. The minimum Gasteiger partial charge on any atom is -0.269 e. The van der Waals surface area contributed by atoms with Crippen LogP contribution in [0, 0.1) is 11.8 Å². The molecular weight excluding hydrogens is 172 g/mol. The molecule has 2 rings (SSSR count). The average molecular weight is 192 g/mol. The number of aromatic nitrogens is 2. The smallest absolute Gasteiger partial charge is 0.0549 e. The summed E-state index contributed by atoms with van der Waals surface area (Å²) in [7, 11) is 0. The molecular formula is C12H20N2. The van der Waals surface area contributed by atoms with E-state index in [1.165, 1.54) is 25.7 Å². The lowest BCUT2D eigenvalue weighted by Gasteiger charge is -2.34. The molecule has 1 heterocycles. The molecule has 1 saturated carbocycles. The van der Waals surface area contributed by atoms with Crippen molar-refractivity contribution in [3.63, 3.8) is 0 Å². The second-order valence-electron chi connectivity index (χ2n) is 4.75. The van der Waals surface area contributed by atoms with E-state index in [2.05, 4.69) is 29.8 Å². The molecule has 1 fully saturated rings. The zero-order valence-electron chi connectivity index (χ0n) is 9.19. The summed E-state index contributed by atoms with van der Waals surface area (Å²) in [6, 6.07) is 2.69. The maximum absolute atomic E-state index is 4.39. The topological polar surface area (TPSA) is 17.8 Å². The molecule has 0 aliphatic heterocycles. The third-order valence-electron chi connectivity index (χ3n) is 3.50. The Morgan fingerprint density at radius 1 is 1.29 bits per heavy atom. The van der Waals surface area contributed by atoms with E-state index in [1.807, 2.05) is 12.3 Å². The minimum absolute atomic E-state index is 0.652. The summed E-state index contributed by atoms with van der Waals surface area (Å²) in [5, 5.41) is 4.39. The zero-order chi connectivity index (χ0) is 9.97. The van der Waals surface area contributed by atoms with Crippen molar-refractivity contribution >= 4 is 0 Å². The highest BCUT2D eigenvalue weighted by Crippen LogP contribution is 2.37. The zero-order valence-corrected chi connectivity index (χ0v) is 9.19. The molecule has 0 N–H and O–H groups in total. The van der Waals surface area contributed by atoms with E-state index >= 15 is 0 Å². The largest absolute Gasteiger partial charge is 0.269 e. The number of nitrogens with zero attached hydrogens (tertiary/aromatic N) is 2. The summed E-state index contributed by atoms with van der Waals surface area (Å²) in [5.41, 5.74) is 0. The third-order valence-corrected chi connectivity index (χ3v) is 3.50. The minimum atomic E-state index is 0.652. The Balaban J connectivity index is 2.14. The number of hydrogen-bond donors (Lipinski definition) is 0. The highest BCUT2D eigenvalue weighted by Gasteiger charge is 2.28. The van der Waals surface area contributed by atoms with Crippen molar-refractivity contribution in [2.75, 3.05) is 0 Å². The van der Waals surface area contributed by atoms with Crippen LogP contribution in [-0.4, -0.2) is 9.78 Å². The molecule has 1 aromatic heterocycles. The quantitative estimate of drug-likeness (QED) is 0.703. The van der Waals surface area contributed by atoms with Gasteiger partial charge in [-0.1, -0.05) is 26.7 Å². The molecule has 2 atom stereocenters. The molecule has 0 aromatic carbocycles. The molecule has 1 aromatic rings. The SMILES string of the molecule is CC(C)[C@@H]1CCCC[C@H]1n1cccn1. The van der Waals surface area contributed by atoms with Gasteiger partial charge in [-0.3, -0.25) is 4.68 Å². The van der Waals surface area contributed by atoms with Gasteiger partial charge in [0.15, 0.2) is 0 Å². The van der Waals surface area contributed by atoms with Gasteiger partial charge in [-0.25, -0.2) is 0 Å². The van der Waals surface area contributed by atoms with Crippen molar-refractivity contribution in [1.29, 1.82) is 0 Å². The molecule has 14 heavy (non-hydrogen) atoms. The Bertz CT molecular complexity index is 264. The predicted molar refractivity (Wildman–Crippen MR) is 58.1 cm³/mol. The van der Waals surface area contributed by atoms with Crippen molar-refractivity contribution in [2.45, 2.75) is 45.6 Å². The highest BCUT2D eigenvalue weighted by molar-refractivity contribution is 4.87. The Labute approximate surface area is 86.3 Å². The molecule has 0 bridgehead atoms. The monoisotopic (exact) mass is 192 g/mol. The predicted octanol–water partition coefficient (Wildman–Crippen LogP) is 3.27. The molecule has 2 heteroatoms. The fraction of sp³-hybridized carbons (Fsp3) is 0.750. The first-order chi connectivity index (χ1) is 6.79. The lowest BCUT2D eigenvalue weighted by Crippen LogP contribution is -2.27. The third kappa shape index (κ3) is 1.84. The van der Waals surface area contributed by atoms with Crippen LogP contribution in [0.4, 0.5) is 0 Å². The van der Waals surface area contributed by atoms with Gasteiger partial charge in [-0.2, -0.15) is 5.10 Å². The molecule has 0 spiro atoms. The molecule has 1 aliphatic carbocycles. The van der Waals surface area contributed by atoms with Crippen molar-refractivity contribution < 1.29 is 0 Å². The van der Waals surface area contributed by atoms with Crippen LogP contribution in [0.5, 0.6) is 0 Å². The van der Waals surface area contributed by atoms with Crippen LogP contribution in [0.1, 0.15) is 45.6 Å². The first-order valence-electron chi connectivity index (χ1n) is 5.78. The van der Waals surface area contributed by atoms with Crippen LogP contribution in [0.25, 0.3) is 0 Å². The molecule has 0 unspecified atom stereocenters. The summed E-state index contributed by atoms with van der Waals surface area (Å²) < 4.78 is 2.17. The van der Waals surface area contributed by atoms with Gasteiger partial charge in [0.1, 0.15) is 0 Å². The van der Waals surface area contributed by atoms with Crippen LogP contribution < -0.4 is 0 Å². The fourth-order valence-electron chi connectivity index (χ4n) is 2.72. The van der Waals surface area contributed by atoms with Gasteiger partial charge in [-0.05, 0) is 30.7 Å². The maximum atomic E-state index is 4.39. The van der Waals surface area contributed by atoms with Gasteiger partial charge in [-0.15, -0.1) is 0 Å². The number of hydrogen-bond acceptors (Lipinski definition) is 1. The van der Waals surface area contributed by atoms with E-state index in [-0.39, 0.29) is 0 Å². The van der Waals surface area contributed by atoms with Crippen molar-refractivity contribution in [3.05, 3.63) is 18.5 Å². The Morgan fingerprint density at radius 3 is 2.71 bits per heavy atom. The molecule has 1 aliphatic rings. The second kappa shape index (κ2) is 4.16. The van der Waals surface area contributed by atoms with Gasteiger partial charge in [0.25, 0.3) is 0 Å². The van der Waals surface area contributed by atoms with Crippen LogP contribution in [0.2, 0.25) is 0 Å². The standard InChI is InChI=1S/C12H20N2/c1-10(2)11-6-3-4-7-12(11)14-9-5-8-13-14/h5,8-12H,3-4,6-7H2,1-2H3/t11-,12+/m0/s1. The number of rotatable bonds is 2. The highest BCUT2D eigenvalue weighted by atomic mass is 15.3. The Morgan fingerprint density at radius 2 is 2.07 bits per heavy atom. The van der Waals surface area contributed by atoms with Crippen molar-refractivity contribution in [3.8, 4) is 0 Å². The van der Waals surface area contributed by atoms with E-state index in [1.54, 1.807) is 0 Å². The van der Waals surface area contributed by atoms with E-state index in [0.717, 1.165) is 11.8 Å². The van der Waals surface area contributed by atoms with Crippen LogP contribution >= 0.6 is 0 Å². The normalized spacial score (nSPS) is 28.2. The van der Waals surface area contributed by atoms with E-state index in [4.69, 9.17) is 0 Å². The Kier molecular flexibility index (Phi) is 2.90. The van der Waals surface area contributed by atoms with Gasteiger partial charge >= 0.3 is 0 Å². The first kappa shape index (κ1) is 9.75. The van der Waals surface area contributed by atoms with Crippen LogP contribution in [0.15, 0.2) is 18.5 Å². The van der Waals surface area contributed by atoms with Gasteiger partial charge < -0.3 is 0 Å². The van der Waals surface area contributed by atoms with Gasteiger partial charge in [0.2, 0.25) is 0 Å². The molecule has 0 radical (unpaired) electrons. The van der Waals surface area contributed by atoms with Gasteiger partial charge in [0, 0.05) is 12.4 Å². The molecule has 78 valence electrons. The lowest BCUT2D eigenvalue weighted by atomic mass is 9.78. The van der Waals surface area contributed by atoms with Crippen LogP contribution in [0.3, 0.4) is 0 Å². The van der Waals surface area contributed by atoms with Gasteiger partial charge in [0.05, 0.1) is 6.04 Å². The fourth-order valence-corrected chi connectivity index (χ4v) is 2.72. The molecule has 2 nitrogen and oxygen atoms in total. The van der Waals surface area contributed by atoms with E-state index in [9.17, 15) is 0 Å². The first-order valence-corrected chi connectivity index (χ1v) is 5.78. The summed E-state index contributed by atoms with van der Waals surface area (Å²) in [6.45, 7) is 4.68. The van der Waals surface area contributed by atoms with E-state index < -0.39 is 0 Å². The summed E-state index contributed by atoms with van der Waals surface area (Å²) in [5.74, 6) is 1.60. The van der Waals surface area contributed by atoms with Crippen molar-refractivity contribution in [1.82, 2.24) is 9.78 Å². The lowest BCUT2D eigenvalue weighted by molar-refractivity contribution is 0.172. The average Bonchev–Trinajstić information content (AvgIpc) is 2.70. The summed E-state index contributed by atoms with van der Waals surface area (Å²) in [4.78, 5) is 0. The summed E-state index contributed by atoms with van der Waals surface area (Å²) >= 11 is 0. The van der Waals surface area contributed by atoms with E-state index in [0.29, 0.717) is 6.04 Å². The maximum Gasteiger partial charge on any atom is 0.0549 e. The van der Waals surface area contributed by atoms with Crippen molar-refractivity contribution in [2.24, 2.45) is 11.8 Å². The Hall–Kier alpha value is -0.790. The van der Waals surface area contributed by atoms with Crippen LogP contribution in [-0.2, 0) is 0 Å². The molecule has 0 saturated heterocycles. The molecule has 0 amide bonds. The second-order valence-corrected chi connectivity index (χ2v) is 4.75.